The van der Waals surface area contributed by atoms with E-state index in [0.29, 0.717) is 29.0 Å². The van der Waals surface area contributed by atoms with Crippen molar-refractivity contribution in [2.45, 2.75) is 43.4 Å². The van der Waals surface area contributed by atoms with E-state index in [0.717, 1.165) is 0 Å². The summed E-state index contributed by atoms with van der Waals surface area (Å²) in [5, 5.41) is 35.4. The summed E-state index contributed by atoms with van der Waals surface area (Å²) in [6.45, 7) is 1.78. The van der Waals surface area contributed by atoms with Gasteiger partial charge in [-0.05, 0) is 41.8 Å². The zero-order chi connectivity index (χ0) is 22.7. The monoisotopic (exact) mass is 430 g/mol. The molecule has 1 fully saturated rings. The van der Waals surface area contributed by atoms with Crippen molar-refractivity contribution in [3.63, 3.8) is 0 Å². The van der Waals surface area contributed by atoms with Crippen molar-refractivity contribution in [3.05, 3.63) is 79.9 Å². The second-order valence-electron chi connectivity index (χ2n) is 7.71. The molecule has 1 aliphatic rings. The van der Waals surface area contributed by atoms with Crippen LogP contribution in [0, 0.1) is 26.1 Å². The number of nitrogens with zero attached hydrogens (tertiary/aromatic N) is 2. The highest BCUT2D eigenvalue weighted by Crippen LogP contribution is 2.49. The molecule has 0 radical (unpaired) electrons. The van der Waals surface area contributed by atoms with Gasteiger partial charge in [0.2, 0.25) is 6.04 Å². The maximum absolute atomic E-state index is 12.4. The van der Waals surface area contributed by atoms with Gasteiger partial charge in [-0.15, -0.1) is 0 Å². The molecule has 9 heteroatoms. The van der Waals surface area contributed by atoms with Crippen molar-refractivity contribution in [1.82, 2.24) is 0 Å². The van der Waals surface area contributed by atoms with Gasteiger partial charge in [-0.1, -0.05) is 31.2 Å². The van der Waals surface area contributed by atoms with Gasteiger partial charge in [-0.25, -0.2) is 0 Å². The summed E-state index contributed by atoms with van der Waals surface area (Å²) in [6, 6.07) is 10.5. The highest BCUT2D eigenvalue weighted by Gasteiger charge is 2.61. The molecule has 0 spiro atoms. The third-order valence-electron chi connectivity index (χ3n) is 6.31. The van der Waals surface area contributed by atoms with Gasteiger partial charge in [0.25, 0.3) is 6.04 Å². The van der Waals surface area contributed by atoms with E-state index in [-0.39, 0.29) is 0 Å². The lowest BCUT2D eigenvalue weighted by Gasteiger charge is -2.42. The second-order valence-corrected chi connectivity index (χ2v) is 7.71. The number of methoxy groups -OCH3 is 2. The fraction of sp³-hybridized carbons (Fsp3) is 0.455. The summed E-state index contributed by atoms with van der Waals surface area (Å²) in [6.07, 6.45) is -0.975. The fourth-order valence-electron chi connectivity index (χ4n) is 4.86. The maximum atomic E-state index is 12.4. The smallest absolute Gasteiger partial charge is 0.252 e. The highest BCUT2D eigenvalue weighted by molar-refractivity contribution is 5.36. The summed E-state index contributed by atoms with van der Waals surface area (Å²) in [4.78, 5) is 23.3. The number of aliphatic hydroxyl groups is 1. The minimum absolute atomic E-state index is 0.363. The number of benzene rings is 2. The van der Waals surface area contributed by atoms with Crippen molar-refractivity contribution in [2.75, 3.05) is 14.2 Å². The first-order valence-electron chi connectivity index (χ1n) is 10.1. The lowest BCUT2D eigenvalue weighted by molar-refractivity contribution is -0.588. The molecule has 0 aliphatic heterocycles. The molecular formula is C22H26N2O7. The average Bonchev–Trinajstić information content (AvgIpc) is 2.77. The van der Waals surface area contributed by atoms with E-state index in [9.17, 15) is 25.3 Å². The molecule has 2 aromatic carbocycles. The third-order valence-corrected chi connectivity index (χ3v) is 6.31. The fourth-order valence-corrected chi connectivity index (χ4v) is 4.86. The Bertz CT molecular complexity index is 916. The first kappa shape index (κ1) is 22.5. The van der Waals surface area contributed by atoms with E-state index in [1.807, 2.05) is 0 Å². The Kier molecular flexibility index (Phi) is 6.74. The molecule has 1 saturated carbocycles. The number of aliphatic hydroxyl groups excluding tert-OH is 1. The van der Waals surface area contributed by atoms with Crippen molar-refractivity contribution < 1.29 is 24.4 Å². The van der Waals surface area contributed by atoms with Gasteiger partial charge in [0.05, 0.1) is 20.1 Å². The average molecular weight is 430 g/mol. The minimum atomic E-state index is -1.50. The first-order chi connectivity index (χ1) is 14.8. The first-order valence-corrected chi connectivity index (χ1v) is 10.1. The Morgan fingerprint density at radius 3 is 1.58 bits per heavy atom. The van der Waals surface area contributed by atoms with Gasteiger partial charge in [-0.3, -0.25) is 20.2 Å². The molecule has 6 atom stereocenters. The maximum Gasteiger partial charge on any atom is 0.252 e. The van der Waals surface area contributed by atoms with E-state index < -0.39 is 45.8 Å². The van der Waals surface area contributed by atoms with Gasteiger partial charge in [-0.2, -0.15) is 0 Å². The van der Waals surface area contributed by atoms with Crippen LogP contribution < -0.4 is 9.47 Å². The van der Waals surface area contributed by atoms with Crippen LogP contribution in [0.1, 0.15) is 36.3 Å². The normalized spacial score (nSPS) is 28.0. The Hall–Kier alpha value is -3.20. The van der Waals surface area contributed by atoms with Crippen LogP contribution in [-0.4, -0.2) is 47.4 Å². The van der Waals surface area contributed by atoms with Crippen LogP contribution >= 0.6 is 0 Å². The Balaban J connectivity index is 2.18. The van der Waals surface area contributed by atoms with Gasteiger partial charge in [0.15, 0.2) is 0 Å². The summed E-state index contributed by atoms with van der Waals surface area (Å²) in [5.41, 5.74) is 1.07. The number of hydrogen-bond acceptors (Lipinski definition) is 7. The Morgan fingerprint density at radius 2 is 1.23 bits per heavy atom. The summed E-state index contributed by atoms with van der Waals surface area (Å²) in [5.74, 6) is -1.33. The molecular weight excluding hydrogens is 404 g/mol. The number of rotatable bonds is 7. The quantitative estimate of drug-likeness (QED) is 0.528. The number of ether oxygens (including phenoxy) is 2. The predicted octanol–water partition coefficient (Wildman–Crippen LogP) is 3.26. The van der Waals surface area contributed by atoms with E-state index in [2.05, 4.69) is 0 Å². The molecule has 0 saturated heterocycles. The molecule has 0 unspecified atom stereocenters. The number of hydrogen-bond donors (Lipinski definition) is 1. The van der Waals surface area contributed by atoms with Crippen LogP contribution in [0.15, 0.2) is 48.5 Å². The Labute approximate surface area is 179 Å². The molecule has 0 amide bonds. The van der Waals surface area contributed by atoms with E-state index in [1.54, 1.807) is 55.5 Å². The lowest BCUT2D eigenvalue weighted by atomic mass is 9.62. The van der Waals surface area contributed by atoms with Gasteiger partial charge >= 0.3 is 0 Å². The third kappa shape index (κ3) is 4.18. The van der Waals surface area contributed by atoms with Crippen LogP contribution in [0.4, 0.5) is 0 Å². The molecule has 31 heavy (non-hydrogen) atoms. The number of nitro groups is 2. The zero-order valence-electron chi connectivity index (χ0n) is 17.6. The Morgan fingerprint density at radius 1 is 0.806 bits per heavy atom. The molecule has 1 N–H and O–H groups in total. The lowest BCUT2D eigenvalue weighted by Crippen LogP contribution is -2.58. The van der Waals surface area contributed by atoms with Gasteiger partial charge < -0.3 is 14.6 Å². The molecule has 0 bridgehead atoms. The summed E-state index contributed by atoms with van der Waals surface area (Å²) >= 11 is 0. The van der Waals surface area contributed by atoms with Gasteiger partial charge in [0.1, 0.15) is 23.5 Å². The molecule has 1 aliphatic carbocycles. The summed E-state index contributed by atoms with van der Waals surface area (Å²) in [7, 11) is 3.01. The standard InChI is InChI=1S/C22H26N2O7/c1-4-17-18(13-5-9-15(30-2)10-6-13)20(23(26)27)19(21(22(17)25)24(28)29)14-7-11-16(31-3)12-8-14/h5-12,17-22,25H,4H2,1-3H3/t17-,18-,19-,20-,21+,22-/m1/s1. The molecule has 9 nitrogen and oxygen atoms in total. The van der Waals surface area contributed by atoms with Crippen molar-refractivity contribution in [3.8, 4) is 11.5 Å². The minimum Gasteiger partial charge on any atom is -0.497 e. The van der Waals surface area contributed by atoms with Crippen LogP contribution in [0.5, 0.6) is 11.5 Å². The van der Waals surface area contributed by atoms with Crippen molar-refractivity contribution >= 4 is 0 Å². The van der Waals surface area contributed by atoms with Crippen molar-refractivity contribution in [2.24, 2.45) is 5.92 Å². The van der Waals surface area contributed by atoms with E-state index in [1.165, 1.54) is 14.2 Å². The van der Waals surface area contributed by atoms with Crippen LogP contribution in [0.25, 0.3) is 0 Å². The molecule has 166 valence electrons. The van der Waals surface area contributed by atoms with Crippen LogP contribution in [0.3, 0.4) is 0 Å². The van der Waals surface area contributed by atoms with Crippen molar-refractivity contribution in [1.29, 1.82) is 0 Å². The molecule has 3 rings (SSSR count). The summed E-state index contributed by atoms with van der Waals surface area (Å²) < 4.78 is 10.3. The molecule has 0 aromatic heterocycles. The molecule has 0 heterocycles. The topological polar surface area (TPSA) is 125 Å². The molecule has 2 aromatic rings. The van der Waals surface area contributed by atoms with E-state index >= 15 is 0 Å². The van der Waals surface area contributed by atoms with E-state index in [4.69, 9.17) is 9.47 Å². The zero-order valence-corrected chi connectivity index (χ0v) is 17.6. The van der Waals surface area contributed by atoms with Gasteiger partial charge in [0, 0.05) is 15.8 Å². The van der Waals surface area contributed by atoms with Crippen LogP contribution in [-0.2, 0) is 0 Å². The highest BCUT2D eigenvalue weighted by atomic mass is 16.6. The SMILES string of the molecule is CC[C@H]1[C@@H](O)[C@@H]([N+](=O)[O-])[C@H](c2ccc(OC)cc2)[C@H]([N+](=O)[O-])[C@@H]1c1ccc(OC)cc1. The van der Waals surface area contributed by atoms with Crippen LogP contribution in [0.2, 0.25) is 0 Å². The second kappa shape index (κ2) is 9.30. The predicted molar refractivity (Wildman–Crippen MR) is 113 cm³/mol. The largest absolute Gasteiger partial charge is 0.497 e.